The number of pyridine rings is 1. The molecule has 0 bridgehead atoms. The number of para-hydroxylation sites is 1. The van der Waals surface area contributed by atoms with E-state index in [0.717, 1.165) is 0 Å². The average Bonchev–Trinajstić information content (AvgIpc) is 2.60. The van der Waals surface area contributed by atoms with Gasteiger partial charge in [-0.2, -0.15) is 0 Å². The number of nitrogens with zero attached hydrogens (tertiary/aromatic N) is 2. The summed E-state index contributed by atoms with van der Waals surface area (Å²) in [6.07, 6.45) is 0. The molecule has 1 amide bonds. The summed E-state index contributed by atoms with van der Waals surface area (Å²) < 4.78 is 5.18. The van der Waals surface area contributed by atoms with Gasteiger partial charge in [0.1, 0.15) is 5.75 Å². The summed E-state index contributed by atoms with van der Waals surface area (Å²) in [4.78, 5) is 27.6. The Morgan fingerprint density at radius 3 is 2.68 bits per heavy atom. The van der Waals surface area contributed by atoms with Crippen LogP contribution in [-0.2, 0) is 0 Å². The highest BCUT2D eigenvalue weighted by Gasteiger charge is 2.17. The molecule has 7 nitrogen and oxygen atoms in total. The van der Waals surface area contributed by atoms with Crippen molar-refractivity contribution in [2.24, 2.45) is 0 Å². The third-order valence-corrected chi connectivity index (χ3v) is 3.73. The number of ether oxygens (including phenoxy) is 1. The summed E-state index contributed by atoms with van der Waals surface area (Å²) in [6, 6.07) is 13.0. The third kappa shape index (κ3) is 3.25. The monoisotopic (exact) mass is 337 g/mol. The number of anilines is 1. The first-order valence-corrected chi connectivity index (χ1v) is 7.50. The highest BCUT2D eigenvalue weighted by atomic mass is 16.6. The molecule has 0 unspecified atom stereocenters. The number of nitro groups is 1. The van der Waals surface area contributed by atoms with E-state index in [1.807, 2.05) is 18.2 Å². The predicted octanol–water partition coefficient (Wildman–Crippen LogP) is 3.71. The van der Waals surface area contributed by atoms with Crippen LogP contribution in [0.15, 0.2) is 48.5 Å². The van der Waals surface area contributed by atoms with Gasteiger partial charge in [0.05, 0.1) is 28.8 Å². The first-order chi connectivity index (χ1) is 12.0. The van der Waals surface area contributed by atoms with Gasteiger partial charge < -0.3 is 10.1 Å². The first-order valence-electron chi connectivity index (χ1n) is 7.50. The minimum absolute atomic E-state index is 0.133. The molecule has 0 saturated heterocycles. The number of hydrogen-bond donors (Lipinski definition) is 1. The van der Waals surface area contributed by atoms with Gasteiger partial charge in [-0.1, -0.05) is 18.2 Å². The lowest BCUT2D eigenvalue weighted by molar-refractivity contribution is -0.384. The van der Waals surface area contributed by atoms with Gasteiger partial charge in [0, 0.05) is 23.2 Å². The van der Waals surface area contributed by atoms with Crippen LogP contribution in [0.25, 0.3) is 10.9 Å². The van der Waals surface area contributed by atoms with Crippen LogP contribution in [0.1, 0.15) is 16.1 Å². The van der Waals surface area contributed by atoms with Gasteiger partial charge in [-0.15, -0.1) is 0 Å². The number of amides is 1. The Morgan fingerprint density at radius 1 is 1.20 bits per heavy atom. The van der Waals surface area contributed by atoms with Crippen molar-refractivity contribution < 1.29 is 14.5 Å². The zero-order valence-electron chi connectivity index (χ0n) is 13.6. The maximum absolute atomic E-state index is 12.8. The maximum atomic E-state index is 12.8. The van der Waals surface area contributed by atoms with Crippen LogP contribution in [0.2, 0.25) is 0 Å². The van der Waals surface area contributed by atoms with Gasteiger partial charge in [0.25, 0.3) is 11.6 Å². The van der Waals surface area contributed by atoms with Crippen LogP contribution in [0.3, 0.4) is 0 Å². The maximum Gasteiger partial charge on any atom is 0.271 e. The van der Waals surface area contributed by atoms with E-state index >= 15 is 0 Å². The Balaban J connectivity index is 2.04. The van der Waals surface area contributed by atoms with Crippen LogP contribution in [0, 0.1) is 17.0 Å². The molecule has 2 aromatic carbocycles. The molecule has 1 aromatic heterocycles. The summed E-state index contributed by atoms with van der Waals surface area (Å²) in [5.74, 6) is -0.0467. The number of rotatable bonds is 4. The molecule has 0 atom stereocenters. The molecule has 25 heavy (non-hydrogen) atoms. The number of hydrogen-bond acceptors (Lipinski definition) is 5. The van der Waals surface area contributed by atoms with E-state index in [0.29, 0.717) is 27.9 Å². The molecule has 0 aliphatic rings. The summed E-state index contributed by atoms with van der Waals surface area (Å²) in [5, 5.41) is 14.4. The number of benzene rings is 2. The van der Waals surface area contributed by atoms with Crippen molar-refractivity contribution in [3.05, 3.63) is 69.9 Å². The summed E-state index contributed by atoms with van der Waals surface area (Å²) >= 11 is 0. The van der Waals surface area contributed by atoms with E-state index < -0.39 is 4.92 Å². The molecular formula is C18H15N3O4. The number of nitrogens with one attached hydrogen (secondary N) is 1. The van der Waals surface area contributed by atoms with Crippen molar-refractivity contribution in [3.63, 3.8) is 0 Å². The van der Waals surface area contributed by atoms with Gasteiger partial charge in [-0.3, -0.25) is 19.9 Å². The van der Waals surface area contributed by atoms with Crippen LogP contribution < -0.4 is 10.1 Å². The van der Waals surface area contributed by atoms with Crippen molar-refractivity contribution in [3.8, 4) is 5.75 Å². The molecule has 0 aliphatic heterocycles. The lowest BCUT2D eigenvalue weighted by Crippen LogP contribution is -2.14. The van der Waals surface area contributed by atoms with Crippen molar-refractivity contribution in [1.29, 1.82) is 0 Å². The summed E-state index contributed by atoms with van der Waals surface area (Å²) in [7, 11) is 1.43. The SMILES string of the molecule is COc1ccc([N+](=O)[O-])cc1NC(=O)c1cc(C)nc2ccccc12. The van der Waals surface area contributed by atoms with Gasteiger partial charge in [-0.25, -0.2) is 0 Å². The van der Waals surface area contributed by atoms with E-state index in [4.69, 9.17) is 4.74 Å². The van der Waals surface area contributed by atoms with Crippen LogP contribution >= 0.6 is 0 Å². The fourth-order valence-corrected chi connectivity index (χ4v) is 2.59. The number of aryl methyl sites for hydroxylation is 1. The van der Waals surface area contributed by atoms with Gasteiger partial charge in [0.2, 0.25) is 0 Å². The van der Waals surface area contributed by atoms with Crippen LogP contribution in [0.4, 0.5) is 11.4 Å². The molecule has 0 radical (unpaired) electrons. The minimum atomic E-state index is -0.527. The Kier molecular flexibility index (Phi) is 4.30. The Hall–Kier alpha value is -3.48. The van der Waals surface area contributed by atoms with Gasteiger partial charge in [-0.05, 0) is 25.1 Å². The van der Waals surface area contributed by atoms with E-state index in [2.05, 4.69) is 10.3 Å². The topological polar surface area (TPSA) is 94.4 Å². The molecular weight excluding hydrogens is 322 g/mol. The summed E-state index contributed by atoms with van der Waals surface area (Å²) in [5.41, 5.74) is 1.96. The van der Waals surface area contributed by atoms with E-state index in [1.165, 1.54) is 25.3 Å². The molecule has 0 saturated carbocycles. The molecule has 0 fully saturated rings. The first kappa shape index (κ1) is 16.4. The minimum Gasteiger partial charge on any atom is -0.495 e. The van der Waals surface area contributed by atoms with Crippen molar-refractivity contribution in [2.45, 2.75) is 6.92 Å². The number of aromatic nitrogens is 1. The highest BCUT2D eigenvalue weighted by molar-refractivity contribution is 6.12. The number of nitro benzene ring substituents is 1. The predicted molar refractivity (Wildman–Crippen MR) is 94.1 cm³/mol. The van der Waals surface area contributed by atoms with E-state index in [1.54, 1.807) is 19.1 Å². The number of carbonyl (C=O) groups excluding carboxylic acids is 1. The lowest BCUT2D eigenvalue weighted by atomic mass is 10.1. The van der Waals surface area contributed by atoms with Crippen LogP contribution in [0.5, 0.6) is 5.75 Å². The molecule has 126 valence electrons. The van der Waals surface area contributed by atoms with Crippen molar-refractivity contribution in [2.75, 3.05) is 12.4 Å². The normalized spacial score (nSPS) is 10.5. The fraction of sp³-hybridized carbons (Fsp3) is 0.111. The molecule has 0 spiro atoms. The number of non-ortho nitro benzene ring substituents is 1. The van der Waals surface area contributed by atoms with Gasteiger partial charge >= 0.3 is 0 Å². The van der Waals surface area contributed by atoms with Gasteiger partial charge in [0.15, 0.2) is 0 Å². The fourth-order valence-electron chi connectivity index (χ4n) is 2.59. The standard InChI is InChI=1S/C18H15N3O4/c1-11-9-14(13-5-3-4-6-15(13)19-11)18(22)20-16-10-12(21(23)24)7-8-17(16)25-2/h3-10H,1-2H3,(H,20,22). The molecule has 3 rings (SSSR count). The molecule has 1 N–H and O–H groups in total. The Bertz CT molecular complexity index is 985. The Labute approximate surface area is 143 Å². The zero-order valence-corrected chi connectivity index (χ0v) is 13.6. The number of carbonyl (C=O) groups is 1. The quantitative estimate of drug-likeness (QED) is 0.578. The molecule has 7 heteroatoms. The number of methoxy groups -OCH3 is 1. The lowest BCUT2D eigenvalue weighted by Gasteiger charge is -2.12. The summed E-state index contributed by atoms with van der Waals surface area (Å²) in [6.45, 7) is 1.80. The van der Waals surface area contributed by atoms with Crippen molar-refractivity contribution in [1.82, 2.24) is 4.98 Å². The zero-order chi connectivity index (χ0) is 18.0. The third-order valence-electron chi connectivity index (χ3n) is 3.73. The largest absolute Gasteiger partial charge is 0.495 e. The second-order valence-electron chi connectivity index (χ2n) is 5.42. The molecule has 1 heterocycles. The van der Waals surface area contributed by atoms with Crippen LogP contribution in [-0.4, -0.2) is 22.9 Å². The van der Waals surface area contributed by atoms with E-state index in [9.17, 15) is 14.9 Å². The Morgan fingerprint density at radius 2 is 1.96 bits per heavy atom. The second-order valence-corrected chi connectivity index (χ2v) is 5.42. The molecule has 0 aliphatic carbocycles. The van der Waals surface area contributed by atoms with Crippen molar-refractivity contribution >= 4 is 28.2 Å². The number of fused-ring (bicyclic) bond motifs is 1. The highest BCUT2D eigenvalue weighted by Crippen LogP contribution is 2.30. The molecule has 3 aromatic rings. The smallest absolute Gasteiger partial charge is 0.271 e. The van der Waals surface area contributed by atoms with E-state index in [-0.39, 0.29) is 17.3 Å². The second kappa shape index (κ2) is 6.56. The average molecular weight is 337 g/mol.